The maximum Gasteiger partial charge on any atom is 0.304 e. The number of carboxylic acids is 1. The lowest BCUT2D eigenvalue weighted by Gasteiger charge is -2.23. The second kappa shape index (κ2) is 5.67. The van der Waals surface area contributed by atoms with Crippen LogP contribution >= 0.6 is 11.6 Å². The van der Waals surface area contributed by atoms with Crippen molar-refractivity contribution in [2.45, 2.75) is 31.8 Å². The monoisotopic (exact) mass is 271 g/mol. The van der Waals surface area contributed by atoms with Gasteiger partial charge in [0.2, 0.25) is 0 Å². The third kappa shape index (κ3) is 3.43. The van der Waals surface area contributed by atoms with Gasteiger partial charge in [-0.15, -0.1) is 0 Å². The standard InChI is InChI=1S/C13H15ClFNO2/c14-10-4-9(5-11(15)6-10)8-16-3-1-2-12(16)7-13(17)18/h4-6,12H,1-3,7-8H2,(H,17,18). The van der Waals surface area contributed by atoms with E-state index in [0.717, 1.165) is 24.9 Å². The summed E-state index contributed by atoms with van der Waals surface area (Å²) in [4.78, 5) is 12.8. The van der Waals surface area contributed by atoms with Gasteiger partial charge in [0.1, 0.15) is 5.82 Å². The van der Waals surface area contributed by atoms with Crippen molar-refractivity contribution in [2.24, 2.45) is 0 Å². The molecule has 0 saturated carbocycles. The van der Waals surface area contributed by atoms with E-state index in [9.17, 15) is 9.18 Å². The van der Waals surface area contributed by atoms with E-state index >= 15 is 0 Å². The smallest absolute Gasteiger partial charge is 0.304 e. The SMILES string of the molecule is O=C(O)CC1CCCN1Cc1cc(F)cc(Cl)c1. The van der Waals surface area contributed by atoms with Crippen molar-refractivity contribution >= 4 is 17.6 Å². The molecule has 1 heterocycles. The van der Waals surface area contributed by atoms with Crippen molar-refractivity contribution in [2.75, 3.05) is 6.54 Å². The Bertz CT molecular complexity index is 432. The number of halogens is 2. The van der Waals surface area contributed by atoms with E-state index in [1.165, 1.54) is 12.1 Å². The molecule has 0 aliphatic carbocycles. The van der Waals surface area contributed by atoms with Crippen LogP contribution in [-0.2, 0) is 11.3 Å². The van der Waals surface area contributed by atoms with Gasteiger partial charge < -0.3 is 5.11 Å². The molecule has 1 atom stereocenters. The van der Waals surface area contributed by atoms with E-state index in [2.05, 4.69) is 4.90 Å². The maximum atomic E-state index is 13.2. The average Bonchev–Trinajstić information content (AvgIpc) is 2.63. The largest absolute Gasteiger partial charge is 0.481 e. The lowest BCUT2D eigenvalue weighted by Crippen LogP contribution is -2.30. The first-order chi connectivity index (χ1) is 8.54. The zero-order chi connectivity index (χ0) is 13.1. The minimum Gasteiger partial charge on any atom is -0.481 e. The number of aliphatic carboxylic acids is 1. The predicted octanol–water partition coefficient (Wildman–Crippen LogP) is 2.92. The summed E-state index contributed by atoms with van der Waals surface area (Å²) in [7, 11) is 0. The molecule has 0 radical (unpaired) electrons. The number of nitrogens with zero attached hydrogens (tertiary/aromatic N) is 1. The van der Waals surface area contributed by atoms with Crippen molar-refractivity contribution < 1.29 is 14.3 Å². The van der Waals surface area contributed by atoms with Gasteiger partial charge in [-0.3, -0.25) is 9.69 Å². The van der Waals surface area contributed by atoms with Crippen molar-refractivity contribution in [3.8, 4) is 0 Å². The first kappa shape index (κ1) is 13.3. The molecule has 5 heteroatoms. The summed E-state index contributed by atoms with van der Waals surface area (Å²) in [6.45, 7) is 1.40. The number of benzene rings is 1. The highest BCUT2D eigenvalue weighted by molar-refractivity contribution is 6.30. The van der Waals surface area contributed by atoms with Crippen LogP contribution in [0.1, 0.15) is 24.8 Å². The minimum absolute atomic E-state index is 0.0459. The van der Waals surface area contributed by atoms with E-state index < -0.39 is 5.97 Å². The lowest BCUT2D eigenvalue weighted by molar-refractivity contribution is -0.138. The molecule has 0 spiro atoms. The highest BCUT2D eigenvalue weighted by atomic mass is 35.5. The lowest BCUT2D eigenvalue weighted by atomic mass is 10.1. The maximum absolute atomic E-state index is 13.2. The molecule has 1 unspecified atom stereocenters. The topological polar surface area (TPSA) is 40.5 Å². The van der Waals surface area contributed by atoms with Gasteiger partial charge >= 0.3 is 5.97 Å². The second-order valence-corrected chi connectivity index (χ2v) is 5.08. The summed E-state index contributed by atoms with van der Waals surface area (Å²) in [6, 6.07) is 4.48. The predicted molar refractivity (Wildman–Crippen MR) is 67.1 cm³/mol. The summed E-state index contributed by atoms with van der Waals surface area (Å²) in [5.41, 5.74) is 0.789. The van der Waals surface area contributed by atoms with Crippen LogP contribution in [-0.4, -0.2) is 28.6 Å². The van der Waals surface area contributed by atoms with E-state index in [1.807, 2.05) is 0 Å². The zero-order valence-electron chi connectivity index (χ0n) is 9.90. The highest BCUT2D eigenvalue weighted by Crippen LogP contribution is 2.24. The summed E-state index contributed by atoms with van der Waals surface area (Å²) in [5.74, 6) is -1.14. The van der Waals surface area contributed by atoms with Crippen LogP contribution in [0.25, 0.3) is 0 Å². The van der Waals surface area contributed by atoms with E-state index in [4.69, 9.17) is 16.7 Å². The van der Waals surface area contributed by atoms with Gasteiger partial charge in [-0.1, -0.05) is 11.6 Å². The fourth-order valence-corrected chi connectivity index (χ4v) is 2.72. The molecule has 3 nitrogen and oxygen atoms in total. The van der Waals surface area contributed by atoms with Crippen molar-refractivity contribution in [1.82, 2.24) is 4.90 Å². The fraction of sp³-hybridized carbons (Fsp3) is 0.462. The summed E-state index contributed by atoms with van der Waals surface area (Å²) in [5, 5.41) is 9.21. The Morgan fingerprint density at radius 2 is 2.28 bits per heavy atom. The van der Waals surface area contributed by atoms with Crippen LogP contribution in [0.2, 0.25) is 5.02 Å². The Morgan fingerprint density at radius 1 is 1.50 bits per heavy atom. The molecule has 98 valence electrons. The molecule has 1 N–H and O–H groups in total. The third-order valence-electron chi connectivity index (χ3n) is 3.22. The number of carbonyl (C=O) groups is 1. The minimum atomic E-state index is -0.788. The van der Waals surface area contributed by atoms with Gasteiger partial charge in [0.15, 0.2) is 0 Å². The first-order valence-electron chi connectivity index (χ1n) is 5.95. The molecule has 1 saturated heterocycles. The van der Waals surface area contributed by atoms with Crippen LogP contribution in [0.5, 0.6) is 0 Å². The van der Waals surface area contributed by atoms with Crippen LogP contribution < -0.4 is 0 Å². The molecule has 0 bridgehead atoms. The third-order valence-corrected chi connectivity index (χ3v) is 3.44. The first-order valence-corrected chi connectivity index (χ1v) is 6.33. The van der Waals surface area contributed by atoms with Crippen LogP contribution in [0.3, 0.4) is 0 Å². The van der Waals surface area contributed by atoms with Crippen molar-refractivity contribution in [3.63, 3.8) is 0 Å². The van der Waals surface area contributed by atoms with Gasteiger partial charge in [-0.25, -0.2) is 4.39 Å². The Morgan fingerprint density at radius 3 is 2.94 bits per heavy atom. The molecule has 1 aromatic rings. The average molecular weight is 272 g/mol. The fourth-order valence-electron chi connectivity index (χ4n) is 2.47. The molecule has 18 heavy (non-hydrogen) atoms. The summed E-state index contributed by atoms with van der Waals surface area (Å²) >= 11 is 5.80. The van der Waals surface area contributed by atoms with Gasteiger partial charge in [0, 0.05) is 17.6 Å². The second-order valence-electron chi connectivity index (χ2n) is 4.64. The van der Waals surface area contributed by atoms with Crippen molar-refractivity contribution in [1.29, 1.82) is 0 Å². The molecule has 1 aliphatic rings. The Hall–Kier alpha value is -1.13. The van der Waals surface area contributed by atoms with Crippen molar-refractivity contribution in [3.05, 3.63) is 34.6 Å². The molecule has 2 rings (SSSR count). The molecule has 0 aromatic heterocycles. The molecule has 1 fully saturated rings. The highest BCUT2D eigenvalue weighted by Gasteiger charge is 2.26. The van der Waals surface area contributed by atoms with Gasteiger partial charge in [0.05, 0.1) is 6.42 Å². The van der Waals surface area contributed by atoms with Gasteiger partial charge in [-0.05, 0) is 43.1 Å². The molecule has 0 amide bonds. The molecule has 1 aromatic carbocycles. The zero-order valence-corrected chi connectivity index (χ0v) is 10.7. The molecular formula is C13H15ClFNO2. The van der Waals surface area contributed by atoms with Crippen LogP contribution in [0.15, 0.2) is 18.2 Å². The van der Waals surface area contributed by atoms with Crippen LogP contribution in [0, 0.1) is 5.82 Å². The number of rotatable bonds is 4. The number of hydrogen-bond acceptors (Lipinski definition) is 2. The quantitative estimate of drug-likeness (QED) is 0.915. The van der Waals surface area contributed by atoms with Gasteiger partial charge in [-0.2, -0.15) is 0 Å². The molecule has 1 aliphatic heterocycles. The number of carboxylic acid groups (broad SMARTS) is 1. The van der Waals surface area contributed by atoms with Gasteiger partial charge in [0.25, 0.3) is 0 Å². The normalized spacial score (nSPS) is 20.2. The summed E-state index contributed by atoms with van der Waals surface area (Å²) in [6.07, 6.45) is 2.01. The Balaban J connectivity index is 2.05. The van der Waals surface area contributed by atoms with E-state index in [1.54, 1.807) is 6.07 Å². The van der Waals surface area contributed by atoms with E-state index in [-0.39, 0.29) is 18.3 Å². The Labute approximate surface area is 110 Å². The number of hydrogen-bond donors (Lipinski definition) is 1. The number of likely N-dealkylation sites (tertiary alicyclic amines) is 1. The summed E-state index contributed by atoms with van der Waals surface area (Å²) < 4.78 is 13.2. The van der Waals surface area contributed by atoms with Crippen LogP contribution in [0.4, 0.5) is 4.39 Å². The van der Waals surface area contributed by atoms with E-state index in [0.29, 0.717) is 11.6 Å². The molecular weight excluding hydrogens is 257 g/mol. The Kier molecular flexibility index (Phi) is 4.19.